The first kappa shape index (κ1) is 13.6. The van der Waals surface area contributed by atoms with E-state index in [0.29, 0.717) is 11.5 Å². The molecule has 0 fully saturated rings. The van der Waals surface area contributed by atoms with Crippen molar-refractivity contribution in [2.75, 3.05) is 12.0 Å². The van der Waals surface area contributed by atoms with Crippen LogP contribution >= 0.6 is 0 Å². The Labute approximate surface area is 110 Å². The van der Waals surface area contributed by atoms with Crippen LogP contribution in [0.15, 0.2) is 28.9 Å². The van der Waals surface area contributed by atoms with Gasteiger partial charge in [-0.05, 0) is 18.6 Å². The van der Waals surface area contributed by atoms with Crippen LogP contribution in [0.5, 0.6) is 0 Å². The van der Waals surface area contributed by atoms with Gasteiger partial charge in [0, 0.05) is 12.5 Å². The Balaban J connectivity index is 2.09. The van der Waals surface area contributed by atoms with Crippen LogP contribution in [0.4, 0.5) is 0 Å². The molecule has 0 aromatic carbocycles. The summed E-state index contributed by atoms with van der Waals surface area (Å²) in [5.41, 5.74) is 6.39. The lowest BCUT2D eigenvalue weighted by atomic mass is 10.2. The summed E-state index contributed by atoms with van der Waals surface area (Å²) >= 11 is 0. The summed E-state index contributed by atoms with van der Waals surface area (Å²) in [6, 6.07) is 4.74. The highest BCUT2D eigenvalue weighted by molar-refractivity contribution is 7.90. The van der Waals surface area contributed by atoms with Crippen LogP contribution in [-0.2, 0) is 9.84 Å². The van der Waals surface area contributed by atoms with Crippen molar-refractivity contribution < 1.29 is 12.9 Å². The molecule has 2 aromatic heterocycles. The van der Waals surface area contributed by atoms with Crippen molar-refractivity contribution in [3.8, 4) is 11.5 Å². The van der Waals surface area contributed by atoms with E-state index >= 15 is 0 Å². The minimum Gasteiger partial charge on any atom is -0.337 e. The lowest BCUT2D eigenvalue weighted by Gasteiger charge is -2.04. The second-order valence-electron chi connectivity index (χ2n) is 4.20. The fourth-order valence-corrected chi connectivity index (χ4v) is 2.13. The molecule has 0 aliphatic carbocycles. The van der Waals surface area contributed by atoms with Gasteiger partial charge in [0.15, 0.2) is 0 Å². The van der Waals surface area contributed by atoms with Crippen molar-refractivity contribution >= 4 is 9.84 Å². The van der Waals surface area contributed by atoms with Crippen molar-refractivity contribution in [3.63, 3.8) is 0 Å². The molecule has 0 spiro atoms. The van der Waals surface area contributed by atoms with Crippen LogP contribution in [0.25, 0.3) is 11.5 Å². The van der Waals surface area contributed by atoms with Crippen molar-refractivity contribution in [3.05, 3.63) is 30.3 Å². The molecule has 0 radical (unpaired) electrons. The highest BCUT2D eigenvalue weighted by Crippen LogP contribution is 2.17. The maximum absolute atomic E-state index is 11.1. The van der Waals surface area contributed by atoms with E-state index in [1.165, 1.54) is 0 Å². The van der Waals surface area contributed by atoms with E-state index in [9.17, 15) is 8.42 Å². The third-order valence-electron chi connectivity index (χ3n) is 2.45. The molecule has 19 heavy (non-hydrogen) atoms. The number of hydrogen-bond donors (Lipinski definition) is 1. The average molecular weight is 282 g/mol. The van der Waals surface area contributed by atoms with Gasteiger partial charge in [-0.3, -0.25) is 4.98 Å². The zero-order chi connectivity index (χ0) is 13.9. The molecule has 2 heterocycles. The van der Waals surface area contributed by atoms with Gasteiger partial charge in [0.2, 0.25) is 11.7 Å². The fraction of sp³-hybridized carbons (Fsp3) is 0.364. The van der Waals surface area contributed by atoms with E-state index in [2.05, 4.69) is 15.1 Å². The highest BCUT2D eigenvalue weighted by atomic mass is 32.2. The van der Waals surface area contributed by atoms with Crippen molar-refractivity contribution in [1.82, 2.24) is 15.1 Å². The summed E-state index contributed by atoms with van der Waals surface area (Å²) in [6.45, 7) is 0. The van der Waals surface area contributed by atoms with E-state index in [-0.39, 0.29) is 18.1 Å². The lowest BCUT2D eigenvalue weighted by molar-refractivity contribution is 0.352. The average Bonchev–Trinajstić information content (AvgIpc) is 2.86. The van der Waals surface area contributed by atoms with Crippen LogP contribution in [0, 0.1) is 0 Å². The van der Waals surface area contributed by atoms with Gasteiger partial charge in [-0.15, -0.1) is 0 Å². The molecule has 102 valence electrons. The Morgan fingerprint density at radius 1 is 1.42 bits per heavy atom. The Morgan fingerprint density at radius 2 is 2.21 bits per heavy atom. The number of nitrogens with zero attached hydrogens (tertiary/aromatic N) is 3. The molecule has 0 aliphatic rings. The molecule has 8 heteroatoms. The predicted molar refractivity (Wildman–Crippen MR) is 68.8 cm³/mol. The lowest BCUT2D eigenvalue weighted by Crippen LogP contribution is -2.16. The first-order valence-corrected chi connectivity index (χ1v) is 7.70. The van der Waals surface area contributed by atoms with Gasteiger partial charge in [0.1, 0.15) is 15.5 Å². The minimum atomic E-state index is -3.05. The van der Waals surface area contributed by atoms with Crippen LogP contribution < -0.4 is 5.73 Å². The smallest absolute Gasteiger partial charge is 0.243 e. The van der Waals surface area contributed by atoms with E-state index < -0.39 is 15.9 Å². The van der Waals surface area contributed by atoms with Gasteiger partial charge in [-0.2, -0.15) is 4.98 Å². The molecule has 1 atom stereocenters. The van der Waals surface area contributed by atoms with Crippen molar-refractivity contribution in [1.29, 1.82) is 0 Å². The predicted octanol–water partition coefficient (Wildman–Crippen LogP) is 0.566. The molecule has 0 amide bonds. The molecule has 2 aromatic rings. The second-order valence-corrected chi connectivity index (χ2v) is 6.46. The van der Waals surface area contributed by atoms with E-state index in [1.54, 1.807) is 18.3 Å². The first-order chi connectivity index (χ1) is 8.96. The van der Waals surface area contributed by atoms with E-state index in [4.69, 9.17) is 10.3 Å². The van der Waals surface area contributed by atoms with E-state index in [0.717, 1.165) is 6.26 Å². The standard InChI is InChI=1S/C11H14N4O3S/c1-19(16,17)7-5-8(12)11-14-10(15-18-11)9-4-2-3-6-13-9/h2-4,6,8H,5,7,12H2,1H3/t8-/m0/s1. The molecule has 0 unspecified atom stereocenters. The van der Waals surface area contributed by atoms with Crippen LogP contribution in [0.2, 0.25) is 0 Å². The van der Waals surface area contributed by atoms with Crippen molar-refractivity contribution in [2.45, 2.75) is 12.5 Å². The molecule has 0 saturated carbocycles. The molecule has 2 rings (SSSR count). The zero-order valence-corrected chi connectivity index (χ0v) is 11.2. The van der Waals surface area contributed by atoms with Crippen LogP contribution in [-0.4, -0.2) is 35.6 Å². The molecule has 0 saturated heterocycles. The quantitative estimate of drug-likeness (QED) is 0.852. The van der Waals surface area contributed by atoms with Gasteiger partial charge in [-0.25, -0.2) is 8.42 Å². The molecule has 2 N–H and O–H groups in total. The van der Waals surface area contributed by atoms with Gasteiger partial charge in [-0.1, -0.05) is 11.2 Å². The normalized spacial score (nSPS) is 13.4. The van der Waals surface area contributed by atoms with Gasteiger partial charge < -0.3 is 10.3 Å². The van der Waals surface area contributed by atoms with Gasteiger partial charge >= 0.3 is 0 Å². The maximum atomic E-state index is 11.1. The third-order valence-corrected chi connectivity index (χ3v) is 3.43. The molecular formula is C11H14N4O3S. The summed E-state index contributed by atoms with van der Waals surface area (Å²) in [4.78, 5) is 8.21. The van der Waals surface area contributed by atoms with E-state index in [1.807, 2.05) is 6.07 Å². The monoisotopic (exact) mass is 282 g/mol. The van der Waals surface area contributed by atoms with Crippen LogP contribution in [0.3, 0.4) is 0 Å². The van der Waals surface area contributed by atoms with Crippen LogP contribution in [0.1, 0.15) is 18.4 Å². The molecular weight excluding hydrogens is 268 g/mol. The number of rotatable bonds is 5. The molecule has 7 nitrogen and oxygen atoms in total. The SMILES string of the molecule is CS(=O)(=O)CC[C@H](N)c1nc(-c2ccccn2)no1. The summed E-state index contributed by atoms with van der Waals surface area (Å²) < 4.78 is 27.1. The Kier molecular flexibility index (Phi) is 3.91. The number of hydrogen-bond acceptors (Lipinski definition) is 7. The summed E-state index contributed by atoms with van der Waals surface area (Å²) in [5.74, 6) is 0.532. The Bertz CT molecular complexity index is 639. The Morgan fingerprint density at radius 3 is 2.84 bits per heavy atom. The molecule has 0 aliphatic heterocycles. The van der Waals surface area contributed by atoms with Gasteiger partial charge in [0.25, 0.3) is 0 Å². The summed E-state index contributed by atoms with van der Waals surface area (Å²) in [7, 11) is -3.05. The highest BCUT2D eigenvalue weighted by Gasteiger charge is 2.17. The second kappa shape index (κ2) is 5.45. The number of nitrogens with two attached hydrogens (primary N) is 1. The summed E-state index contributed by atoms with van der Waals surface area (Å²) in [5, 5.41) is 3.77. The third kappa shape index (κ3) is 3.83. The summed E-state index contributed by atoms with van der Waals surface area (Å²) in [6.07, 6.45) is 3.02. The fourth-order valence-electron chi connectivity index (χ4n) is 1.45. The Hall–Kier alpha value is -1.80. The number of sulfone groups is 1. The maximum Gasteiger partial charge on any atom is 0.243 e. The largest absolute Gasteiger partial charge is 0.337 e. The van der Waals surface area contributed by atoms with Crippen molar-refractivity contribution in [2.24, 2.45) is 5.73 Å². The molecule has 0 bridgehead atoms. The first-order valence-electron chi connectivity index (χ1n) is 5.64. The topological polar surface area (TPSA) is 112 Å². The zero-order valence-electron chi connectivity index (χ0n) is 10.4. The van der Waals surface area contributed by atoms with Gasteiger partial charge in [0.05, 0.1) is 11.8 Å². The minimum absolute atomic E-state index is 0.0184. The number of aromatic nitrogens is 3. The number of pyridine rings is 1.